The van der Waals surface area contributed by atoms with Gasteiger partial charge in [0.15, 0.2) is 0 Å². The first-order valence-corrected chi connectivity index (χ1v) is 4.66. The summed E-state index contributed by atoms with van der Waals surface area (Å²) in [4.78, 5) is 2.40. The predicted molar refractivity (Wildman–Crippen MR) is 48.5 cm³/mol. The van der Waals surface area contributed by atoms with Gasteiger partial charge in [-0.15, -0.1) is 0 Å². The Bertz CT molecular complexity index is 114. The van der Waals surface area contributed by atoms with Crippen LogP contribution >= 0.6 is 0 Å². The number of nitrogens with zero attached hydrogens (tertiary/aromatic N) is 1. The number of nitrogens with one attached hydrogen (secondary N) is 1. The summed E-state index contributed by atoms with van der Waals surface area (Å²) in [5, 5.41) is 3.42. The van der Waals surface area contributed by atoms with Gasteiger partial charge in [0.1, 0.15) is 0 Å². The molecule has 0 aromatic carbocycles. The Morgan fingerprint density at radius 1 is 1.55 bits per heavy atom. The Morgan fingerprint density at radius 2 is 2.27 bits per heavy atom. The van der Waals surface area contributed by atoms with E-state index in [-0.39, 0.29) is 0 Å². The van der Waals surface area contributed by atoms with Crippen LogP contribution in [0.5, 0.6) is 0 Å². The van der Waals surface area contributed by atoms with Gasteiger partial charge < -0.3 is 5.32 Å². The van der Waals surface area contributed by atoms with Crippen molar-refractivity contribution in [2.75, 3.05) is 20.3 Å². The molecule has 0 aliphatic carbocycles. The molecule has 66 valence electrons. The van der Waals surface area contributed by atoms with Crippen molar-refractivity contribution in [2.24, 2.45) is 5.92 Å². The van der Waals surface area contributed by atoms with Gasteiger partial charge in [0.25, 0.3) is 0 Å². The van der Waals surface area contributed by atoms with E-state index in [4.69, 9.17) is 0 Å². The molecule has 1 aliphatic rings. The molecule has 1 aliphatic heterocycles. The molecular formula is C9H20N2. The minimum atomic E-state index is 0.745. The lowest BCUT2D eigenvalue weighted by Gasteiger charge is -2.27. The van der Waals surface area contributed by atoms with Crippen LogP contribution in [-0.2, 0) is 0 Å². The fourth-order valence-electron chi connectivity index (χ4n) is 1.83. The van der Waals surface area contributed by atoms with Crippen molar-refractivity contribution in [3.63, 3.8) is 0 Å². The molecule has 0 saturated carbocycles. The highest BCUT2D eigenvalue weighted by atomic mass is 15.2. The van der Waals surface area contributed by atoms with Crippen LogP contribution in [0.3, 0.4) is 0 Å². The van der Waals surface area contributed by atoms with E-state index < -0.39 is 0 Å². The third kappa shape index (κ3) is 2.17. The van der Waals surface area contributed by atoms with Gasteiger partial charge in [-0.25, -0.2) is 0 Å². The van der Waals surface area contributed by atoms with Crippen LogP contribution in [0, 0.1) is 5.92 Å². The molecule has 2 heteroatoms. The number of rotatable bonds is 1. The molecule has 1 saturated heterocycles. The molecule has 2 atom stereocenters. The Hall–Kier alpha value is -0.0800. The third-order valence-electron chi connectivity index (χ3n) is 2.95. The van der Waals surface area contributed by atoms with Crippen molar-refractivity contribution in [3.05, 3.63) is 0 Å². The SMILES string of the molecule is CCC1CCNCN(C)C1C. The minimum Gasteiger partial charge on any atom is -0.304 e. The monoisotopic (exact) mass is 156 g/mol. The zero-order valence-corrected chi connectivity index (χ0v) is 7.93. The summed E-state index contributed by atoms with van der Waals surface area (Å²) >= 11 is 0. The quantitative estimate of drug-likeness (QED) is 0.615. The smallest absolute Gasteiger partial charge is 0.0480 e. The van der Waals surface area contributed by atoms with Crippen molar-refractivity contribution in [1.82, 2.24) is 10.2 Å². The number of hydrogen-bond donors (Lipinski definition) is 1. The molecule has 1 fully saturated rings. The molecule has 0 radical (unpaired) electrons. The van der Waals surface area contributed by atoms with Gasteiger partial charge in [-0.1, -0.05) is 13.3 Å². The first kappa shape index (κ1) is 9.01. The highest BCUT2D eigenvalue weighted by molar-refractivity contribution is 4.76. The van der Waals surface area contributed by atoms with Gasteiger partial charge in [0.05, 0.1) is 0 Å². The lowest BCUT2D eigenvalue weighted by atomic mass is 9.94. The zero-order chi connectivity index (χ0) is 8.27. The van der Waals surface area contributed by atoms with Crippen LogP contribution in [0.25, 0.3) is 0 Å². The molecule has 0 aromatic rings. The van der Waals surface area contributed by atoms with E-state index >= 15 is 0 Å². The summed E-state index contributed by atoms with van der Waals surface area (Å²) in [5.41, 5.74) is 0. The molecule has 1 rings (SSSR count). The van der Waals surface area contributed by atoms with Crippen molar-refractivity contribution in [3.8, 4) is 0 Å². The Morgan fingerprint density at radius 3 is 2.91 bits per heavy atom. The van der Waals surface area contributed by atoms with Crippen molar-refractivity contribution < 1.29 is 0 Å². The van der Waals surface area contributed by atoms with Crippen molar-refractivity contribution in [2.45, 2.75) is 32.7 Å². The first-order valence-electron chi connectivity index (χ1n) is 4.66. The lowest BCUT2D eigenvalue weighted by molar-refractivity contribution is 0.198. The van der Waals surface area contributed by atoms with Gasteiger partial charge in [0, 0.05) is 12.7 Å². The molecule has 1 heterocycles. The molecule has 11 heavy (non-hydrogen) atoms. The van der Waals surface area contributed by atoms with Gasteiger partial charge in [-0.05, 0) is 32.9 Å². The second kappa shape index (κ2) is 4.07. The largest absolute Gasteiger partial charge is 0.304 e. The van der Waals surface area contributed by atoms with Crippen LogP contribution in [0.4, 0.5) is 0 Å². The highest BCUT2D eigenvalue weighted by Gasteiger charge is 2.21. The fourth-order valence-corrected chi connectivity index (χ4v) is 1.83. The average Bonchev–Trinajstić information content (AvgIpc) is 2.16. The average molecular weight is 156 g/mol. The zero-order valence-electron chi connectivity index (χ0n) is 7.93. The van der Waals surface area contributed by atoms with E-state index in [1.54, 1.807) is 0 Å². The second-order valence-electron chi connectivity index (χ2n) is 3.61. The normalized spacial score (nSPS) is 35.2. The van der Waals surface area contributed by atoms with Crippen LogP contribution in [0.1, 0.15) is 26.7 Å². The fraction of sp³-hybridized carbons (Fsp3) is 1.00. The van der Waals surface area contributed by atoms with Gasteiger partial charge in [-0.3, -0.25) is 4.90 Å². The van der Waals surface area contributed by atoms with E-state index in [9.17, 15) is 0 Å². The summed E-state index contributed by atoms with van der Waals surface area (Å²) in [6, 6.07) is 0.745. The topological polar surface area (TPSA) is 15.3 Å². The molecular weight excluding hydrogens is 136 g/mol. The predicted octanol–water partition coefficient (Wildman–Crippen LogP) is 1.28. The van der Waals surface area contributed by atoms with Crippen LogP contribution in [-0.4, -0.2) is 31.2 Å². The maximum Gasteiger partial charge on any atom is 0.0480 e. The summed E-state index contributed by atoms with van der Waals surface area (Å²) in [7, 11) is 2.20. The molecule has 2 unspecified atom stereocenters. The minimum absolute atomic E-state index is 0.745. The summed E-state index contributed by atoms with van der Waals surface area (Å²) in [6.07, 6.45) is 2.65. The standard InChI is InChI=1S/C9H20N2/c1-4-9-5-6-10-7-11(3)8(9)2/h8-10H,4-7H2,1-3H3. The van der Waals surface area contributed by atoms with Gasteiger partial charge >= 0.3 is 0 Å². The van der Waals surface area contributed by atoms with E-state index in [1.165, 1.54) is 19.4 Å². The molecule has 2 nitrogen and oxygen atoms in total. The van der Waals surface area contributed by atoms with Crippen LogP contribution in [0.2, 0.25) is 0 Å². The number of hydrogen-bond acceptors (Lipinski definition) is 2. The van der Waals surface area contributed by atoms with Crippen LogP contribution in [0.15, 0.2) is 0 Å². The summed E-state index contributed by atoms with van der Waals surface area (Å²) in [6.45, 7) is 6.87. The van der Waals surface area contributed by atoms with Gasteiger partial charge in [-0.2, -0.15) is 0 Å². The highest BCUT2D eigenvalue weighted by Crippen LogP contribution is 2.18. The van der Waals surface area contributed by atoms with Crippen LogP contribution < -0.4 is 5.32 Å². The molecule has 1 N–H and O–H groups in total. The lowest BCUT2D eigenvalue weighted by Crippen LogP contribution is -2.36. The third-order valence-corrected chi connectivity index (χ3v) is 2.95. The van der Waals surface area contributed by atoms with Crippen molar-refractivity contribution in [1.29, 1.82) is 0 Å². The van der Waals surface area contributed by atoms with Gasteiger partial charge in [0.2, 0.25) is 0 Å². The summed E-state index contributed by atoms with van der Waals surface area (Å²) < 4.78 is 0. The van der Waals surface area contributed by atoms with Crippen molar-refractivity contribution >= 4 is 0 Å². The van der Waals surface area contributed by atoms with E-state index in [2.05, 4.69) is 31.1 Å². The Kier molecular flexibility index (Phi) is 3.34. The molecule has 0 aromatic heterocycles. The van der Waals surface area contributed by atoms with E-state index in [1.807, 2.05) is 0 Å². The van der Waals surface area contributed by atoms with E-state index in [0.717, 1.165) is 18.6 Å². The van der Waals surface area contributed by atoms with E-state index in [0.29, 0.717) is 0 Å². The summed E-state index contributed by atoms with van der Waals surface area (Å²) in [5.74, 6) is 0.884. The Labute approximate surface area is 70.0 Å². The maximum atomic E-state index is 3.42. The molecule has 0 spiro atoms. The first-order chi connectivity index (χ1) is 5.25. The second-order valence-corrected chi connectivity index (χ2v) is 3.61. The molecule has 0 amide bonds. The Balaban J connectivity index is 2.49. The maximum absolute atomic E-state index is 3.42. The molecule has 0 bridgehead atoms.